The first-order valence-corrected chi connectivity index (χ1v) is 7.56. The first-order valence-electron chi connectivity index (χ1n) is 7.56. The Kier molecular flexibility index (Phi) is 4.00. The first kappa shape index (κ1) is 13.5. The molecule has 1 aromatic heterocycles. The zero-order valence-electron chi connectivity index (χ0n) is 12.1. The average molecular weight is 277 g/mol. The molecule has 1 amide bonds. The zero-order valence-corrected chi connectivity index (χ0v) is 12.1. The van der Waals surface area contributed by atoms with E-state index in [0.29, 0.717) is 24.2 Å². The summed E-state index contributed by atoms with van der Waals surface area (Å²) in [6.07, 6.45) is 5.72. The molecule has 6 nitrogen and oxygen atoms in total. The van der Waals surface area contributed by atoms with Crippen LogP contribution in [0.1, 0.15) is 37.4 Å². The Bertz CT molecular complexity index is 466. The molecule has 2 aliphatic rings. The van der Waals surface area contributed by atoms with Crippen LogP contribution in [0.3, 0.4) is 0 Å². The van der Waals surface area contributed by atoms with Gasteiger partial charge in [0, 0.05) is 32.5 Å². The maximum Gasteiger partial charge on any atom is 0.222 e. The Morgan fingerprint density at radius 3 is 3.10 bits per heavy atom. The summed E-state index contributed by atoms with van der Waals surface area (Å²) < 4.78 is 1.97. The second-order valence-electron chi connectivity index (χ2n) is 6.04. The molecule has 0 radical (unpaired) electrons. The molecule has 20 heavy (non-hydrogen) atoms. The van der Waals surface area contributed by atoms with Crippen LogP contribution < -0.4 is 5.32 Å². The highest BCUT2D eigenvalue weighted by Gasteiger charge is 2.29. The Labute approximate surface area is 119 Å². The molecule has 1 N–H and O–H groups in total. The van der Waals surface area contributed by atoms with Crippen molar-refractivity contribution in [1.82, 2.24) is 25.0 Å². The summed E-state index contributed by atoms with van der Waals surface area (Å²) in [4.78, 5) is 14.4. The Morgan fingerprint density at radius 2 is 2.40 bits per heavy atom. The maximum atomic E-state index is 12.4. The lowest BCUT2D eigenvalue weighted by Gasteiger charge is -2.32. The number of rotatable bonds is 3. The number of aryl methyl sites for hydroxylation is 1. The van der Waals surface area contributed by atoms with E-state index in [4.69, 9.17) is 0 Å². The normalized spacial score (nSPS) is 26.9. The van der Waals surface area contributed by atoms with Crippen molar-refractivity contribution in [2.24, 2.45) is 13.0 Å². The van der Waals surface area contributed by atoms with Crippen molar-refractivity contribution < 1.29 is 4.79 Å². The van der Waals surface area contributed by atoms with Gasteiger partial charge < -0.3 is 14.8 Å². The smallest absolute Gasteiger partial charge is 0.222 e. The summed E-state index contributed by atoms with van der Waals surface area (Å²) >= 11 is 0. The van der Waals surface area contributed by atoms with Crippen molar-refractivity contribution in [3.8, 4) is 0 Å². The van der Waals surface area contributed by atoms with E-state index in [1.54, 1.807) is 6.33 Å². The lowest BCUT2D eigenvalue weighted by Crippen LogP contribution is -2.40. The molecule has 0 aliphatic carbocycles. The minimum absolute atomic E-state index is 0.311. The largest absolute Gasteiger partial charge is 0.342 e. The lowest BCUT2D eigenvalue weighted by atomic mass is 9.96. The summed E-state index contributed by atoms with van der Waals surface area (Å²) in [5.74, 6) is 2.18. The fraction of sp³-hybridized carbons (Fsp3) is 0.786. The number of carbonyl (C=O) groups is 1. The van der Waals surface area contributed by atoms with E-state index in [1.165, 1.54) is 0 Å². The lowest BCUT2D eigenvalue weighted by molar-refractivity contribution is -0.133. The number of hydrogen-bond donors (Lipinski definition) is 1. The number of hydrogen-bond acceptors (Lipinski definition) is 4. The minimum atomic E-state index is 0.311. The Morgan fingerprint density at radius 1 is 1.50 bits per heavy atom. The molecule has 0 spiro atoms. The number of nitrogens with one attached hydrogen (secondary N) is 1. The van der Waals surface area contributed by atoms with E-state index in [9.17, 15) is 4.79 Å². The molecule has 0 bridgehead atoms. The van der Waals surface area contributed by atoms with Crippen LogP contribution in [0.5, 0.6) is 0 Å². The molecule has 1 aromatic rings. The molecule has 2 fully saturated rings. The predicted molar refractivity (Wildman–Crippen MR) is 75.2 cm³/mol. The highest BCUT2D eigenvalue weighted by atomic mass is 16.2. The summed E-state index contributed by atoms with van der Waals surface area (Å²) in [6.45, 7) is 3.74. The fourth-order valence-electron chi connectivity index (χ4n) is 3.34. The summed E-state index contributed by atoms with van der Waals surface area (Å²) in [5.41, 5.74) is 0. The van der Waals surface area contributed by atoms with Gasteiger partial charge in [-0.1, -0.05) is 0 Å². The minimum Gasteiger partial charge on any atom is -0.342 e. The number of piperidine rings is 1. The second-order valence-corrected chi connectivity index (χ2v) is 6.04. The van der Waals surface area contributed by atoms with Crippen molar-refractivity contribution >= 4 is 5.91 Å². The quantitative estimate of drug-likeness (QED) is 0.875. The third-order valence-electron chi connectivity index (χ3n) is 4.51. The van der Waals surface area contributed by atoms with Gasteiger partial charge in [0.2, 0.25) is 5.91 Å². The number of amides is 1. The third kappa shape index (κ3) is 2.85. The van der Waals surface area contributed by atoms with Gasteiger partial charge in [-0.3, -0.25) is 4.79 Å². The topological polar surface area (TPSA) is 63.1 Å². The van der Waals surface area contributed by atoms with E-state index in [0.717, 1.165) is 51.3 Å². The van der Waals surface area contributed by atoms with Gasteiger partial charge in [0.25, 0.3) is 0 Å². The van der Waals surface area contributed by atoms with Gasteiger partial charge in [-0.05, 0) is 38.3 Å². The van der Waals surface area contributed by atoms with Crippen LogP contribution in [0.15, 0.2) is 6.33 Å². The van der Waals surface area contributed by atoms with E-state index in [-0.39, 0.29) is 0 Å². The predicted octanol–water partition coefficient (Wildman–Crippen LogP) is 0.521. The van der Waals surface area contributed by atoms with Gasteiger partial charge in [-0.25, -0.2) is 0 Å². The van der Waals surface area contributed by atoms with Gasteiger partial charge in [-0.15, -0.1) is 10.2 Å². The molecular formula is C14H23N5O. The van der Waals surface area contributed by atoms with Crippen LogP contribution in [0.4, 0.5) is 0 Å². The molecule has 6 heteroatoms. The molecule has 3 rings (SSSR count). The molecule has 0 aromatic carbocycles. The van der Waals surface area contributed by atoms with Crippen LogP contribution in [0, 0.1) is 5.92 Å². The highest BCUT2D eigenvalue weighted by molar-refractivity contribution is 5.76. The first-order chi connectivity index (χ1) is 9.74. The molecule has 2 unspecified atom stereocenters. The van der Waals surface area contributed by atoms with Crippen molar-refractivity contribution in [3.63, 3.8) is 0 Å². The summed E-state index contributed by atoms with van der Waals surface area (Å²) in [6, 6.07) is 0. The van der Waals surface area contributed by atoms with Crippen molar-refractivity contribution in [2.45, 2.75) is 31.6 Å². The molecular weight excluding hydrogens is 254 g/mol. The summed E-state index contributed by atoms with van der Waals surface area (Å²) in [7, 11) is 1.97. The molecule has 0 saturated carbocycles. The van der Waals surface area contributed by atoms with Gasteiger partial charge in [-0.2, -0.15) is 0 Å². The number of carbonyl (C=O) groups excluding carboxylic acids is 1. The van der Waals surface area contributed by atoms with Gasteiger partial charge in [0.15, 0.2) is 0 Å². The monoisotopic (exact) mass is 277 g/mol. The Hall–Kier alpha value is -1.43. The third-order valence-corrected chi connectivity index (χ3v) is 4.51. The van der Waals surface area contributed by atoms with Crippen LogP contribution in [0.25, 0.3) is 0 Å². The Balaban J connectivity index is 1.60. The zero-order chi connectivity index (χ0) is 13.9. The van der Waals surface area contributed by atoms with E-state index in [2.05, 4.69) is 15.5 Å². The summed E-state index contributed by atoms with van der Waals surface area (Å²) in [5, 5.41) is 11.5. The fourth-order valence-corrected chi connectivity index (χ4v) is 3.34. The SMILES string of the molecule is Cn1cnnc1C1CCCN(C(=O)CC2CCNC2)C1. The van der Waals surface area contributed by atoms with E-state index in [1.807, 2.05) is 16.5 Å². The van der Waals surface area contributed by atoms with Gasteiger partial charge in [0.05, 0.1) is 0 Å². The van der Waals surface area contributed by atoms with Crippen molar-refractivity contribution in [1.29, 1.82) is 0 Å². The molecule has 2 atom stereocenters. The highest BCUT2D eigenvalue weighted by Crippen LogP contribution is 2.26. The van der Waals surface area contributed by atoms with Crippen LogP contribution in [-0.2, 0) is 11.8 Å². The molecule has 2 aliphatic heterocycles. The second kappa shape index (κ2) is 5.91. The number of nitrogens with zero attached hydrogens (tertiary/aromatic N) is 4. The number of aromatic nitrogens is 3. The van der Waals surface area contributed by atoms with Crippen LogP contribution in [0.2, 0.25) is 0 Å². The average Bonchev–Trinajstić information content (AvgIpc) is 3.10. The molecule has 3 heterocycles. The standard InChI is InChI=1S/C14H23N5O/c1-18-10-16-17-14(18)12-3-2-6-19(9-12)13(20)7-11-4-5-15-8-11/h10-12,15H,2-9H2,1H3. The van der Waals surface area contributed by atoms with E-state index < -0.39 is 0 Å². The maximum absolute atomic E-state index is 12.4. The number of likely N-dealkylation sites (tertiary alicyclic amines) is 1. The van der Waals surface area contributed by atoms with Gasteiger partial charge in [0.1, 0.15) is 12.2 Å². The van der Waals surface area contributed by atoms with Crippen LogP contribution in [-0.4, -0.2) is 51.8 Å². The van der Waals surface area contributed by atoms with Crippen molar-refractivity contribution in [3.05, 3.63) is 12.2 Å². The van der Waals surface area contributed by atoms with Gasteiger partial charge >= 0.3 is 0 Å². The van der Waals surface area contributed by atoms with Crippen molar-refractivity contribution in [2.75, 3.05) is 26.2 Å². The van der Waals surface area contributed by atoms with Crippen LogP contribution >= 0.6 is 0 Å². The van der Waals surface area contributed by atoms with E-state index >= 15 is 0 Å². The molecule has 110 valence electrons. The molecule has 2 saturated heterocycles.